The molecule has 19 heavy (non-hydrogen) atoms. The van der Waals surface area contributed by atoms with Gasteiger partial charge in [0.15, 0.2) is 5.96 Å². The SMILES string of the molecule is CCOCCCNC(=NC)NCCC1=CCOCC1. The zero-order chi connectivity index (χ0) is 13.8. The second-order valence-corrected chi connectivity index (χ2v) is 4.41. The first kappa shape index (κ1) is 16.0. The molecule has 1 aliphatic rings. The van der Waals surface area contributed by atoms with Crippen LogP contribution in [0.1, 0.15) is 26.2 Å². The van der Waals surface area contributed by atoms with Crippen LogP contribution in [-0.2, 0) is 9.47 Å². The van der Waals surface area contributed by atoms with Gasteiger partial charge in [-0.3, -0.25) is 4.99 Å². The van der Waals surface area contributed by atoms with Crippen molar-refractivity contribution >= 4 is 5.96 Å². The number of hydrogen-bond acceptors (Lipinski definition) is 3. The number of ether oxygens (including phenoxy) is 2. The van der Waals surface area contributed by atoms with Crippen LogP contribution in [0.2, 0.25) is 0 Å². The maximum Gasteiger partial charge on any atom is 0.190 e. The minimum Gasteiger partial charge on any atom is -0.382 e. The maximum absolute atomic E-state index is 5.29. The third-order valence-electron chi connectivity index (χ3n) is 2.98. The summed E-state index contributed by atoms with van der Waals surface area (Å²) in [7, 11) is 1.80. The highest BCUT2D eigenvalue weighted by Gasteiger charge is 2.03. The molecule has 0 fully saturated rings. The predicted molar refractivity (Wildman–Crippen MR) is 78.6 cm³/mol. The van der Waals surface area contributed by atoms with Gasteiger partial charge in [0, 0.05) is 33.4 Å². The molecule has 0 saturated carbocycles. The summed E-state index contributed by atoms with van der Waals surface area (Å²) in [5.41, 5.74) is 1.48. The van der Waals surface area contributed by atoms with E-state index in [1.807, 2.05) is 6.92 Å². The van der Waals surface area contributed by atoms with E-state index in [2.05, 4.69) is 21.7 Å². The molecule has 0 aromatic rings. The van der Waals surface area contributed by atoms with Crippen molar-refractivity contribution in [3.8, 4) is 0 Å². The Labute approximate surface area is 116 Å². The molecular formula is C14H27N3O2. The van der Waals surface area contributed by atoms with Crippen LogP contribution in [-0.4, -0.2) is 52.5 Å². The van der Waals surface area contributed by atoms with Crippen molar-refractivity contribution in [1.29, 1.82) is 0 Å². The zero-order valence-electron chi connectivity index (χ0n) is 12.2. The Kier molecular flexibility index (Phi) is 9.10. The molecule has 0 bridgehead atoms. The van der Waals surface area contributed by atoms with Gasteiger partial charge >= 0.3 is 0 Å². The quantitative estimate of drug-likeness (QED) is 0.302. The van der Waals surface area contributed by atoms with Crippen LogP contribution in [0, 0.1) is 0 Å². The first-order chi connectivity index (χ1) is 9.36. The van der Waals surface area contributed by atoms with Crippen LogP contribution in [0.15, 0.2) is 16.6 Å². The normalized spacial score (nSPS) is 16.1. The van der Waals surface area contributed by atoms with Crippen molar-refractivity contribution in [3.63, 3.8) is 0 Å². The van der Waals surface area contributed by atoms with Crippen LogP contribution in [0.3, 0.4) is 0 Å². The lowest BCUT2D eigenvalue weighted by molar-refractivity contribution is 0.145. The molecule has 5 heteroatoms. The van der Waals surface area contributed by atoms with E-state index in [4.69, 9.17) is 9.47 Å². The second-order valence-electron chi connectivity index (χ2n) is 4.41. The molecule has 0 aromatic heterocycles. The first-order valence-electron chi connectivity index (χ1n) is 7.14. The van der Waals surface area contributed by atoms with Crippen LogP contribution >= 0.6 is 0 Å². The molecule has 2 N–H and O–H groups in total. The van der Waals surface area contributed by atoms with Crippen molar-refractivity contribution in [2.75, 3.05) is 46.6 Å². The monoisotopic (exact) mass is 269 g/mol. The highest BCUT2D eigenvalue weighted by atomic mass is 16.5. The summed E-state index contributed by atoms with van der Waals surface area (Å²) in [6, 6.07) is 0. The fraction of sp³-hybridized carbons (Fsp3) is 0.786. The minimum atomic E-state index is 0.764. The molecule has 0 unspecified atom stereocenters. The van der Waals surface area contributed by atoms with Gasteiger partial charge in [-0.15, -0.1) is 0 Å². The lowest BCUT2D eigenvalue weighted by Gasteiger charge is -2.15. The number of hydrogen-bond donors (Lipinski definition) is 2. The number of aliphatic imine (C=N–C) groups is 1. The van der Waals surface area contributed by atoms with E-state index in [0.29, 0.717) is 0 Å². The smallest absolute Gasteiger partial charge is 0.190 e. The minimum absolute atomic E-state index is 0.764. The third kappa shape index (κ3) is 7.85. The van der Waals surface area contributed by atoms with E-state index in [0.717, 1.165) is 64.7 Å². The van der Waals surface area contributed by atoms with E-state index < -0.39 is 0 Å². The summed E-state index contributed by atoms with van der Waals surface area (Å²) in [4.78, 5) is 4.20. The number of rotatable bonds is 8. The fourth-order valence-corrected chi connectivity index (χ4v) is 1.88. The highest BCUT2D eigenvalue weighted by molar-refractivity contribution is 5.79. The summed E-state index contributed by atoms with van der Waals surface area (Å²) in [5, 5.41) is 6.60. The predicted octanol–water partition coefficient (Wildman–Crippen LogP) is 1.31. The summed E-state index contributed by atoms with van der Waals surface area (Å²) < 4.78 is 10.6. The number of guanidine groups is 1. The van der Waals surface area contributed by atoms with Gasteiger partial charge in [-0.05, 0) is 26.2 Å². The van der Waals surface area contributed by atoms with Crippen molar-refractivity contribution in [1.82, 2.24) is 10.6 Å². The highest BCUT2D eigenvalue weighted by Crippen LogP contribution is 2.10. The van der Waals surface area contributed by atoms with Gasteiger partial charge in [0.05, 0.1) is 13.2 Å². The van der Waals surface area contributed by atoms with Crippen LogP contribution < -0.4 is 10.6 Å². The lowest BCUT2D eigenvalue weighted by atomic mass is 10.1. The Morgan fingerprint density at radius 1 is 1.42 bits per heavy atom. The van der Waals surface area contributed by atoms with E-state index in [1.165, 1.54) is 5.57 Å². The Balaban J connectivity index is 2.06. The Morgan fingerprint density at radius 3 is 2.95 bits per heavy atom. The topological polar surface area (TPSA) is 54.9 Å². The molecular weight excluding hydrogens is 242 g/mol. The van der Waals surface area contributed by atoms with Gasteiger partial charge in [0.1, 0.15) is 0 Å². The first-order valence-corrected chi connectivity index (χ1v) is 7.14. The second kappa shape index (κ2) is 10.8. The van der Waals surface area contributed by atoms with Crippen molar-refractivity contribution in [2.45, 2.75) is 26.2 Å². The Bertz CT molecular complexity index is 290. The lowest BCUT2D eigenvalue weighted by Crippen LogP contribution is -2.38. The summed E-state index contributed by atoms with van der Waals surface area (Å²) in [6.07, 6.45) is 5.30. The Hall–Kier alpha value is -1.07. The summed E-state index contributed by atoms with van der Waals surface area (Å²) in [6.45, 7) is 7.02. The number of nitrogens with one attached hydrogen (secondary N) is 2. The van der Waals surface area contributed by atoms with Crippen molar-refractivity contribution < 1.29 is 9.47 Å². The van der Waals surface area contributed by atoms with E-state index >= 15 is 0 Å². The molecule has 0 saturated heterocycles. The molecule has 0 aliphatic carbocycles. The number of nitrogens with zero attached hydrogens (tertiary/aromatic N) is 1. The summed E-state index contributed by atoms with van der Waals surface area (Å²) in [5.74, 6) is 0.865. The van der Waals surface area contributed by atoms with E-state index in [9.17, 15) is 0 Å². The van der Waals surface area contributed by atoms with Gasteiger partial charge in [0.2, 0.25) is 0 Å². The molecule has 110 valence electrons. The van der Waals surface area contributed by atoms with Crippen molar-refractivity contribution in [2.24, 2.45) is 4.99 Å². The average Bonchev–Trinajstić information content (AvgIpc) is 2.46. The van der Waals surface area contributed by atoms with Crippen LogP contribution in [0.5, 0.6) is 0 Å². The fourth-order valence-electron chi connectivity index (χ4n) is 1.88. The van der Waals surface area contributed by atoms with E-state index in [-0.39, 0.29) is 0 Å². The molecule has 1 rings (SSSR count). The molecule has 1 heterocycles. The van der Waals surface area contributed by atoms with Gasteiger partial charge in [-0.1, -0.05) is 11.6 Å². The maximum atomic E-state index is 5.29. The molecule has 0 spiro atoms. The summed E-state index contributed by atoms with van der Waals surface area (Å²) >= 11 is 0. The zero-order valence-corrected chi connectivity index (χ0v) is 12.2. The Morgan fingerprint density at radius 2 is 2.26 bits per heavy atom. The van der Waals surface area contributed by atoms with Gasteiger partial charge in [-0.2, -0.15) is 0 Å². The molecule has 0 radical (unpaired) electrons. The molecule has 0 aromatic carbocycles. The van der Waals surface area contributed by atoms with Crippen molar-refractivity contribution in [3.05, 3.63) is 11.6 Å². The standard InChI is InChI=1S/C14H27N3O2/c1-3-18-10-4-8-16-14(15-2)17-9-5-13-6-11-19-12-7-13/h6H,3-5,7-12H2,1-2H3,(H2,15,16,17). The molecule has 0 atom stereocenters. The van der Waals surface area contributed by atoms with Crippen LogP contribution in [0.25, 0.3) is 0 Å². The van der Waals surface area contributed by atoms with Gasteiger partial charge < -0.3 is 20.1 Å². The molecule has 5 nitrogen and oxygen atoms in total. The molecule has 0 amide bonds. The molecule has 1 aliphatic heterocycles. The largest absolute Gasteiger partial charge is 0.382 e. The van der Waals surface area contributed by atoms with Gasteiger partial charge in [-0.25, -0.2) is 0 Å². The van der Waals surface area contributed by atoms with Crippen LogP contribution in [0.4, 0.5) is 0 Å². The van der Waals surface area contributed by atoms with Gasteiger partial charge in [0.25, 0.3) is 0 Å². The van der Waals surface area contributed by atoms with E-state index in [1.54, 1.807) is 7.05 Å². The third-order valence-corrected chi connectivity index (χ3v) is 2.98. The average molecular weight is 269 g/mol.